The van der Waals surface area contributed by atoms with Crippen LogP contribution in [0, 0.1) is 17.3 Å². The summed E-state index contributed by atoms with van der Waals surface area (Å²) in [5, 5.41) is 10.2. The minimum atomic E-state index is 0.349. The molecule has 1 aliphatic rings. The molecule has 1 aliphatic carbocycles. The third kappa shape index (κ3) is 2.80. The first-order chi connectivity index (χ1) is 8.97. The molecule has 19 heavy (non-hydrogen) atoms. The Labute approximate surface area is 118 Å². The molecule has 0 bridgehead atoms. The first-order valence-electron chi connectivity index (χ1n) is 7.75. The van der Waals surface area contributed by atoms with Crippen LogP contribution in [0.15, 0.2) is 24.3 Å². The first kappa shape index (κ1) is 14.4. The van der Waals surface area contributed by atoms with Gasteiger partial charge in [-0.15, -0.1) is 0 Å². The van der Waals surface area contributed by atoms with Gasteiger partial charge in [0.25, 0.3) is 0 Å². The van der Waals surface area contributed by atoms with E-state index in [1.165, 1.54) is 31.2 Å². The Hall–Kier alpha value is -0.980. The van der Waals surface area contributed by atoms with Crippen molar-refractivity contribution in [2.75, 3.05) is 0 Å². The van der Waals surface area contributed by atoms with Crippen LogP contribution in [0.2, 0.25) is 0 Å². The molecule has 1 heteroatoms. The van der Waals surface area contributed by atoms with Crippen molar-refractivity contribution in [2.24, 2.45) is 17.3 Å². The van der Waals surface area contributed by atoms with E-state index in [0.29, 0.717) is 28.9 Å². The maximum atomic E-state index is 10.2. The summed E-state index contributed by atoms with van der Waals surface area (Å²) in [5.41, 5.74) is 1.52. The van der Waals surface area contributed by atoms with Gasteiger partial charge in [-0.05, 0) is 41.2 Å². The van der Waals surface area contributed by atoms with E-state index in [9.17, 15) is 5.11 Å². The molecule has 106 valence electrons. The molecule has 3 unspecified atom stereocenters. The zero-order valence-corrected chi connectivity index (χ0v) is 12.8. The fraction of sp³-hybridized carbons (Fsp3) is 0.667. The van der Waals surface area contributed by atoms with Crippen molar-refractivity contribution in [3.05, 3.63) is 29.8 Å². The fourth-order valence-corrected chi connectivity index (χ4v) is 3.85. The molecule has 0 aromatic heterocycles. The van der Waals surface area contributed by atoms with Gasteiger partial charge >= 0.3 is 0 Å². The van der Waals surface area contributed by atoms with E-state index < -0.39 is 0 Å². The van der Waals surface area contributed by atoms with E-state index in [2.05, 4.69) is 39.8 Å². The smallest absolute Gasteiger partial charge is 0.119 e. The van der Waals surface area contributed by atoms with Gasteiger partial charge in [0.15, 0.2) is 0 Å². The molecule has 0 spiro atoms. The lowest BCUT2D eigenvalue weighted by Crippen LogP contribution is -2.35. The average molecular weight is 260 g/mol. The van der Waals surface area contributed by atoms with Crippen LogP contribution >= 0.6 is 0 Å². The van der Waals surface area contributed by atoms with Crippen LogP contribution in [-0.2, 0) is 0 Å². The summed E-state index contributed by atoms with van der Waals surface area (Å²) in [4.78, 5) is 0. The summed E-state index contributed by atoms with van der Waals surface area (Å²) in [6.07, 6.45) is 5.12. The van der Waals surface area contributed by atoms with Crippen LogP contribution in [0.3, 0.4) is 0 Å². The fourth-order valence-electron chi connectivity index (χ4n) is 3.85. The van der Waals surface area contributed by atoms with E-state index in [0.717, 1.165) is 0 Å². The van der Waals surface area contributed by atoms with Crippen molar-refractivity contribution in [2.45, 2.75) is 59.3 Å². The Bertz CT molecular complexity index is 421. The van der Waals surface area contributed by atoms with Crippen molar-refractivity contribution in [1.82, 2.24) is 0 Å². The van der Waals surface area contributed by atoms with E-state index in [4.69, 9.17) is 0 Å². The van der Waals surface area contributed by atoms with Crippen LogP contribution in [0.25, 0.3) is 0 Å². The Morgan fingerprint density at radius 1 is 1.21 bits per heavy atom. The molecule has 0 heterocycles. The van der Waals surface area contributed by atoms with E-state index >= 15 is 0 Å². The molecule has 2 rings (SSSR count). The quantitative estimate of drug-likeness (QED) is 0.777. The van der Waals surface area contributed by atoms with Gasteiger partial charge in [-0.2, -0.15) is 0 Å². The zero-order valence-electron chi connectivity index (χ0n) is 12.8. The predicted octanol–water partition coefficient (Wildman–Crippen LogP) is 5.35. The number of phenols is 1. The molecule has 0 amide bonds. The molecule has 1 fully saturated rings. The molecule has 1 aromatic carbocycles. The predicted molar refractivity (Wildman–Crippen MR) is 81.4 cm³/mol. The highest BCUT2D eigenvalue weighted by atomic mass is 16.3. The maximum absolute atomic E-state index is 10.2. The standard InChI is InChI=1S/C18H28O/c1-5-18(3,4)15-11-8-9-13(2)17(15)14-10-6-7-12-16(14)19/h6-7,10,12-13,15,17,19H,5,8-9,11H2,1-4H3. The Kier molecular flexibility index (Phi) is 4.23. The molecule has 3 atom stereocenters. The van der Waals surface area contributed by atoms with Crippen LogP contribution in [0.1, 0.15) is 64.9 Å². The number of benzene rings is 1. The van der Waals surface area contributed by atoms with Crippen molar-refractivity contribution >= 4 is 0 Å². The van der Waals surface area contributed by atoms with Gasteiger partial charge in [0.1, 0.15) is 5.75 Å². The Balaban J connectivity index is 2.40. The second-order valence-electron chi connectivity index (χ2n) is 6.94. The molecule has 1 nitrogen and oxygen atoms in total. The van der Waals surface area contributed by atoms with Crippen molar-refractivity contribution < 1.29 is 5.11 Å². The molecular weight excluding hydrogens is 232 g/mol. The molecule has 0 saturated heterocycles. The summed E-state index contributed by atoms with van der Waals surface area (Å²) >= 11 is 0. The minimum Gasteiger partial charge on any atom is -0.508 e. The number of hydrogen-bond acceptors (Lipinski definition) is 1. The third-order valence-corrected chi connectivity index (χ3v) is 5.43. The minimum absolute atomic E-state index is 0.349. The third-order valence-electron chi connectivity index (χ3n) is 5.43. The van der Waals surface area contributed by atoms with Gasteiger partial charge in [-0.3, -0.25) is 0 Å². The van der Waals surface area contributed by atoms with Crippen molar-refractivity contribution in [1.29, 1.82) is 0 Å². The summed E-state index contributed by atoms with van der Waals surface area (Å²) in [7, 11) is 0. The average Bonchev–Trinajstić information content (AvgIpc) is 2.39. The largest absolute Gasteiger partial charge is 0.508 e. The molecular formula is C18H28O. The van der Waals surface area contributed by atoms with Gasteiger partial charge in [0, 0.05) is 0 Å². The van der Waals surface area contributed by atoms with E-state index in [1.807, 2.05) is 12.1 Å². The lowest BCUT2D eigenvalue weighted by Gasteiger charge is -2.45. The molecule has 1 N–H and O–H groups in total. The van der Waals surface area contributed by atoms with Gasteiger partial charge in [0.2, 0.25) is 0 Å². The van der Waals surface area contributed by atoms with Gasteiger partial charge in [0.05, 0.1) is 0 Å². The lowest BCUT2D eigenvalue weighted by atomic mass is 9.59. The summed E-state index contributed by atoms with van der Waals surface area (Å²) in [5.74, 6) is 2.33. The normalized spacial score (nSPS) is 28.3. The molecule has 0 aliphatic heterocycles. The number of phenolic OH excluding ortho intramolecular Hbond substituents is 1. The number of hydrogen-bond donors (Lipinski definition) is 1. The number of rotatable bonds is 3. The second kappa shape index (κ2) is 5.56. The number of para-hydroxylation sites is 1. The monoisotopic (exact) mass is 260 g/mol. The van der Waals surface area contributed by atoms with Gasteiger partial charge in [-0.1, -0.05) is 65.2 Å². The SMILES string of the molecule is CCC(C)(C)C1CCCC(C)C1c1ccccc1O. The Morgan fingerprint density at radius 3 is 2.53 bits per heavy atom. The lowest BCUT2D eigenvalue weighted by molar-refractivity contribution is 0.0952. The van der Waals surface area contributed by atoms with E-state index in [1.54, 1.807) is 0 Å². The molecule has 1 saturated carbocycles. The summed E-state index contributed by atoms with van der Waals surface area (Å²) in [6.45, 7) is 9.43. The van der Waals surface area contributed by atoms with Crippen LogP contribution < -0.4 is 0 Å². The number of aromatic hydroxyl groups is 1. The topological polar surface area (TPSA) is 20.2 Å². The second-order valence-corrected chi connectivity index (χ2v) is 6.94. The Morgan fingerprint density at radius 2 is 1.89 bits per heavy atom. The van der Waals surface area contributed by atoms with Gasteiger partial charge in [-0.25, -0.2) is 0 Å². The summed E-state index contributed by atoms with van der Waals surface area (Å²) in [6, 6.07) is 7.95. The maximum Gasteiger partial charge on any atom is 0.119 e. The van der Waals surface area contributed by atoms with Crippen LogP contribution in [0.4, 0.5) is 0 Å². The van der Waals surface area contributed by atoms with E-state index in [-0.39, 0.29) is 0 Å². The van der Waals surface area contributed by atoms with Gasteiger partial charge < -0.3 is 5.11 Å². The summed E-state index contributed by atoms with van der Waals surface area (Å²) < 4.78 is 0. The highest BCUT2D eigenvalue weighted by Crippen LogP contribution is 2.52. The molecule has 1 aromatic rings. The highest BCUT2D eigenvalue weighted by molar-refractivity contribution is 5.36. The van der Waals surface area contributed by atoms with Crippen molar-refractivity contribution in [3.63, 3.8) is 0 Å². The first-order valence-corrected chi connectivity index (χ1v) is 7.75. The molecule has 0 radical (unpaired) electrons. The zero-order chi connectivity index (χ0) is 14.0. The highest BCUT2D eigenvalue weighted by Gasteiger charge is 2.40. The van der Waals surface area contributed by atoms with Crippen molar-refractivity contribution in [3.8, 4) is 5.75 Å². The van der Waals surface area contributed by atoms with Crippen LogP contribution in [0.5, 0.6) is 5.75 Å². The van der Waals surface area contributed by atoms with Crippen LogP contribution in [-0.4, -0.2) is 5.11 Å².